The molecule has 3 N–H and O–H groups in total. The number of aromatic nitrogens is 1. The zero-order chi connectivity index (χ0) is 25.6. The Hall–Kier alpha value is -4.04. The second kappa shape index (κ2) is 14.3. The van der Waals surface area contributed by atoms with Crippen LogP contribution in [0, 0.1) is 0 Å². The topological polar surface area (TPSA) is 120 Å². The molecule has 1 heterocycles. The maximum absolute atomic E-state index is 12.9. The molecule has 35 heavy (non-hydrogen) atoms. The van der Waals surface area contributed by atoms with Crippen molar-refractivity contribution in [3.05, 3.63) is 90.1 Å². The first-order chi connectivity index (χ1) is 16.8. The number of carboxylic acids is 2. The van der Waals surface area contributed by atoms with E-state index in [9.17, 15) is 14.4 Å². The standard InChI is InChI=1S/C23H27N3O.C4H4O4/c1-3-26(4-2)17-16-21(18-10-6-5-7-11-18)25-23(27)22-15-14-19-12-8-9-13-20(19)24-22;5-3(6)1-2-4(7)8/h5-15,21H,3-4,16-17H2,1-2H3,(H,25,27);1-2H,(H,5,6)(H,7,8)/b;2-1+. The minimum atomic E-state index is -1.26. The summed E-state index contributed by atoms with van der Waals surface area (Å²) in [6, 6.07) is 21.7. The molecule has 0 radical (unpaired) electrons. The van der Waals surface area contributed by atoms with Gasteiger partial charge in [-0.05, 0) is 37.2 Å². The fourth-order valence-corrected chi connectivity index (χ4v) is 3.43. The highest BCUT2D eigenvalue weighted by Gasteiger charge is 2.17. The van der Waals surface area contributed by atoms with Gasteiger partial charge in [-0.15, -0.1) is 0 Å². The minimum absolute atomic E-state index is 0.0347. The maximum Gasteiger partial charge on any atom is 0.328 e. The first-order valence-electron chi connectivity index (χ1n) is 11.4. The molecular weight excluding hydrogens is 446 g/mol. The summed E-state index contributed by atoms with van der Waals surface area (Å²) in [4.78, 5) is 38.9. The Kier molecular flexibility index (Phi) is 11.1. The smallest absolute Gasteiger partial charge is 0.328 e. The van der Waals surface area contributed by atoms with Gasteiger partial charge in [-0.3, -0.25) is 4.79 Å². The Morgan fingerprint density at radius 1 is 0.886 bits per heavy atom. The van der Waals surface area contributed by atoms with Crippen LogP contribution in [-0.4, -0.2) is 57.6 Å². The van der Waals surface area contributed by atoms with Crippen LogP contribution in [0.2, 0.25) is 0 Å². The molecule has 1 atom stereocenters. The number of carbonyl (C=O) groups is 3. The summed E-state index contributed by atoms with van der Waals surface area (Å²) >= 11 is 0. The third kappa shape index (κ3) is 9.38. The molecule has 1 unspecified atom stereocenters. The number of nitrogens with one attached hydrogen (secondary N) is 1. The fraction of sp³-hybridized carbons (Fsp3) is 0.259. The van der Waals surface area contributed by atoms with Crippen molar-refractivity contribution in [3.8, 4) is 0 Å². The second-order valence-corrected chi connectivity index (χ2v) is 7.65. The van der Waals surface area contributed by atoms with E-state index in [1.807, 2.05) is 48.5 Å². The van der Waals surface area contributed by atoms with E-state index in [-0.39, 0.29) is 11.9 Å². The Labute approximate surface area is 204 Å². The van der Waals surface area contributed by atoms with Crippen LogP contribution in [0.1, 0.15) is 42.4 Å². The lowest BCUT2D eigenvalue weighted by molar-refractivity contribution is -0.134. The number of carboxylic acid groups (broad SMARTS) is 2. The van der Waals surface area contributed by atoms with Gasteiger partial charge in [-0.2, -0.15) is 0 Å². The Bertz CT molecular complexity index is 1130. The quantitative estimate of drug-likeness (QED) is 0.375. The average molecular weight is 478 g/mol. The molecule has 3 rings (SSSR count). The second-order valence-electron chi connectivity index (χ2n) is 7.65. The number of para-hydroxylation sites is 1. The zero-order valence-electron chi connectivity index (χ0n) is 19.9. The Morgan fingerprint density at radius 3 is 2.09 bits per heavy atom. The fourth-order valence-electron chi connectivity index (χ4n) is 3.43. The van der Waals surface area contributed by atoms with E-state index in [4.69, 9.17) is 10.2 Å². The normalized spacial score (nSPS) is 11.6. The summed E-state index contributed by atoms with van der Waals surface area (Å²) in [5.41, 5.74) is 2.42. The molecule has 0 spiro atoms. The Morgan fingerprint density at radius 2 is 1.49 bits per heavy atom. The van der Waals surface area contributed by atoms with Gasteiger partial charge in [-0.25, -0.2) is 14.6 Å². The highest BCUT2D eigenvalue weighted by molar-refractivity contribution is 5.95. The number of hydrogen-bond donors (Lipinski definition) is 3. The minimum Gasteiger partial charge on any atom is -0.478 e. The first kappa shape index (κ1) is 27.2. The van der Waals surface area contributed by atoms with Crippen LogP contribution in [0.5, 0.6) is 0 Å². The van der Waals surface area contributed by atoms with Crippen LogP contribution in [0.4, 0.5) is 0 Å². The van der Waals surface area contributed by atoms with Crippen molar-refractivity contribution in [1.82, 2.24) is 15.2 Å². The van der Waals surface area contributed by atoms with E-state index < -0.39 is 11.9 Å². The molecular formula is C27H31N3O5. The first-order valence-corrected chi connectivity index (χ1v) is 11.4. The number of benzene rings is 2. The van der Waals surface area contributed by atoms with Gasteiger partial charge in [0.1, 0.15) is 5.69 Å². The highest BCUT2D eigenvalue weighted by Crippen LogP contribution is 2.19. The molecule has 184 valence electrons. The van der Waals surface area contributed by atoms with Gasteiger partial charge in [0, 0.05) is 24.1 Å². The number of rotatable bonds is 10. The van der Waals surface area contributed by atoms with Crippen molar-refractivity contribution in [3.63, 3.8) is 0 Å². The van der Waals surface area contributed by atoms with Crippen molar-refractivity contribution < 1.29 is 24.6 Å². The lowest BCUT2D eigenvalue weighted by Gasteiger charge is -2.24. The molecule has 0 fully saturated rings. The molecule has 0 aliphatic heterocycles. The summed E-state index contributed by atoms with van der Waals surface area (Å²) < 4.78 is 0. The molecule has 8 heteroatoms. The van der Waals surface area contributed by atoms with E-state index in [0.717, 1.165) is 42.5 Å². The molecule has 0 saturated heterocycles. The zero-order valence-corrected chi connectivity index (χ0v) is 19.9. The van der Waals surface area contributed by atoms with Crippen LogP contribution in [0.3, 0.4) is 0 Å². The third-order valence-corrected chi connectivity index (χ3v) is 5.34. The number of amides is 1. The van der Waals surface area contributed by atoms with Gasteiger partial charge < -0.3 is 20.4 Å². The van der Waals surface area contributed by atoms with E-state index in [1.54, 1.807) is 6.07 Å². The van der Waals surface area contributed by atoms with Gasteiger partial charge in [-0.1, -0.05) is 68.4 Å². The van der Waals surface area contributed by atoms with E-state index in [2.05, 4.69) is 41.2 Å². The SMILES string of the molecule is CCN(CC)CCC(NC(=O)c1ccc2ccccc2n1)c1ccccc1.O=C(O)/C=C/C(=O)O. The molecule has 3 aromatic rings. The number of fused-ring (bicyclic) bond motifs is 1. The van der Waals surface area contributed by atoms with Crippen molar-refractivity contribution in [2.24, 2.45) is 0 Å². The van der Waals surface area contributed by atoms with Crippen LogP contribution < -0.4 is 5.32 Å². The lowest BCUT2D eigenvalue weighted by Crippen LogP contribution is -2.33. The summed E-state index contributed by atoms with van der Waals surface area (Å²) in [5.74, 6) is -2.64. The predicted molar refractivity (Wildman–Crippen MR) is 135 cm³/mol. The van der Waals surface area contributed by atoms with E-state index in [1.165, 1.54) is 0 Å². The van der Waals surface area contributed by atoms with E-state index in [0.29, 0.717) is 17.8 Å². The molecule has 0 bridgehead atoms. The van der Waals surface area contributed by atoms with Crippen LogP contribution in [-0.2, 0) is 9.59 Å². The summed E-state index contributed by atoms with van der Waals surface area (Å²) in [5, 5.41) is 19.9. The maximum atomic E-state index is 12.9. The monoisotopic (exact) mass is 477 g/mol. The van der Waals surface area contributed by atoms with Crippen molar-refractivity contribution >= 4 is 28.7 Å². The summed E-state index contributed by atoms with van der Waals surface area (Å²) in [6.07, 6.45) is 1.98. The van der Waals surface area contributed by atoms with Crippen LogP contribution in [0.15, 0.2) is 78.9 Å². The van der Waals surface area contributed by atoms with Gasteiger partial charge in [0.25, 0.3) is 5.91 Å². The van der Waals surface area contributed by atoms with Crippen molar-refractivity contribution in [2.75, 3.05) is 19.6 Å². The van der Waals surface area contributed by atoms with Gasteiger partial charge in [0.05, 0.1) is 11.6 Å². The summed E-state index contributed by atoms with van der Waals surface area (Å²) in [6.45, 7) is 7.30. The molecule has 0 aliphatic carbocycles. The van der Waals surface area contributed by atoms with Crippen LogP contribution >= 0.6 is 0 Å². The summed E-state index contributed by atoms with van der Waals surface area (Å²) in [7, 11) is 0. The largest absolute Gasteiger partial charge is 0.478 e. The van der Waals surface area contributed by atoms with Crippen molar-refractivity contribution in [2.45, 2.75) is 26.3 Å². The van der Waals surface area contributed by atoms with Gasteiger partial charge in [0.2, 0.25) is 0 Å². The molecule has 1 amide bonds. The number of pyridine rings is 1. The number of nitrogens with zero attached hydrogens (tertiary/aromatic N) is 2. The predicted octanol–water partition coefficient (Wildman–Crippen LogP) is 4.15. The third-order valence-electron chi connectivity index (χ3n) is 5.34. The highest BCUT2D eigenvalue weighted by atomic mass is 16.4. The molecule has 2 aromatic carbocycles. The van der Waals surface area contributed by atoms with E-state index >= 15 is 0 Å². The van der Waals surface area contributed by atoms with Crippen LogP contribution in [0.25, 0.3) is 10.9 Å². The van der Waals surface area contributed by atoms with Gasteiger partial charge in [0.15, 0.2) is 0 Å². The van der Waals surface area contributed by atoms with Crippen molar-refractivity contribution in [1.29, 1.82) is 0 Å². The number of carbonyl (C=O) groups excluding carboxylic acids is 1. The molecule has 0 aliphatic rings. The molecule has 1 aromatic heterocycles. The molecule has 0 saturated carbocycles. The number of hydrogen-bond acceptors (Lipinski definition) is 5. The Balaban J connectivity index is 0.000000466. The number of aliphatic carboxylic acids is 2. The average Bonchev–Trinajstić information content (AvgIpc) is 2.87. The van der Waals surface area contributed by atoms with Gasteiger partial charge >= 0.3 is 11.9 Å². The lowest BCUT2D eigenvalue weighted by atomic mass is 10.0. The molecule has 8 nitrogen and oxygen atoms in total.